The van der Waals surface area contributed by atoms with Gasteiger partial charge in [0.1, 0.15) is 9.84 Å². The lowest BCUT2D eigenvalue weighted by molar-refractivity contribution is 0.0386. The molecule has 3 atom stereocenters. The Hall–Kier alpha value is -0.130. The molecule has 0 aromatic carbocycles. The van der Waals surface area contributed by atoms with E-state index in [1.165, 1.54) is 6.26 Å². The number of rotatable bonds is 5. The molecule has 0 spiro atoms. The largest absolute Gasteiger partial charge is 0.374 e. The van der Waals surface area contributed by atoms with Crippen LogP contribution < -0.4 is 5.73 Å². The van der Waals surface area contributed by atoms with E-state index < -0.39 is 9.84 Å². The van der Waals surface area contributed by atoms with Gasteiger partial charge in [-0.15, -0.1) is 0 Å². The molecule has 0 saturated carbocycles. The van der Waals surface area contributed by atoms with Gasteiger partial charge in [0.15, 0.2) is 0 Å². The number of hydrogen-bond donors (Lipinski definition) is 1. The fourth-order valence-electron chi connectivity index (χ4n) is 1.92. The molecule has 90 valence electrons. The lowest BCUT2D eigenvalue weighted by Gasteiger charge is -2.19. The van der Waals surface area contributed by atoms with Crippen molar-refractivity contribution in [1.29, 1.82) is 0 Å². The van der Waals surface area contributed by atoms with Gasteiger partial charge in [0, 0.05) is 18.1 Å². The maximum absolute atomic E-state index is 10.9. The average Bonchev–Trinajstić information content (AvgIpc) is 2.49. The first kappa shape index (κ1) is 12.9. The van der Waals surface area contributed by atoms with Gasteiger partial charge in [0.2, 0.25) is 0 Å². The predicted molar refractivity (Wildman–Crippen MR) is 60.5 cm³/mol. The van der Waals surface area contributed by atoms with Crippen LogP contribution in [0.2, 0.25) is 0 Å². The van der Waals surface area contributed by atoms with E-state index in [2.05, 4.69) is 0 Å². The molecule has 0 bridgehead atoms. The summed E-state index contributed by atoms with van der Waals surface area (Å²) in [6.07, 6.45) is 5.10. The number of hydrogen-bond acceptors (Lipinski definition) is 4. The van der Waals surface area contributed by atoms with E-state index in [0.29, 0.717) is 12.5 Å². The van der Waals surface area contributed by atoms with Crippen molar-refractivity contribution in [2.45, 2.75) is 50.9 Å². The monoisotopic (exact) mass is 235 g/mol. The van der Waals surface area contributed by atoms with Crippen LogP contribution in [0, 0.1) is 0 Å². The molecule has 4 nitrogen and oxygen atoms in total. The van der Waals surface area contributed by atoms with Crippen molar-refractivity contribution in [3.05, 3.63) is 0 Å². The van der Waals surface area contributed by atoms with Gasteiger partial charge in [0.05, 0.1) is 12.2 Å². The van der Waals surface area contributed by atoms with Crippen LogP contribution in [-0.4, -0.2) is 38.7 Å². The van der Waals surface area contributed by atoms with E-state index >= 15 is 0 Å². The lowest BCUT2D eigenvalue weighted by atomic mass is 10.0. The summed E-state index contributed by atoms with van der Waals surface area (Å²) >= 11 is 0. The second-order valence-electron chi connectivity index (χ2n) is 4.50. The van der Waals surface area contributed by atoms with E-state index in [0.717, 1.165) is 19.3 Å². The van der Waals surface area contributed by atoms with Crippen molar-refractivity contribution in [2.24, 2.45) is 5.73 Å². The van der Waals surface area contributed by atoms with Crippen LogP contribution in [0.3, 0.4) is 0 Å². The number of ether oxygens (including phenoxy) is 1. The highest BCUT2D eigenvalue weighted by atomic mass is 32.2. The van der Waals surface area contributed by atoms with Crippen molar-refractivity contribution in [2.75, 3.05) is 12.0 Å². The summed E-state index contributed by atoms with van der Waals surface area (Å²) in [6.45, 7) is 2.04. The highest BCUT2D eigenvalue weighted by Gasteiger charge is 2.26. The summed E-state index contributed by atoms with van der Waals surface area (Å²) in [5, 5.41) is 0. The molecule has 1 fully saturated rings. The molecule has 0 radical (unpaired) electrons. The first-order valence-electron chi connectivity index (χ1n) is 5.47. The summed E-state index contributed by atoms with van der Waals surface area (Å²) in [4.78, 5) is 0. The molecule has 0 aromatic rings. The van der Waals surface area contributed by atoms with Crippen LogP contribution >= 0.6 is 0 Å². The van der Waals surface area contributed by atoms with Crippen molar-refractivity contribution in [3.63, 3.8) is 0 Å². The van der Waals surface area contributed by atoms with Gasteiger partial charge >= 0.3 is 0 Å². The Morgan fingerprint density at radius 3 is 2.60 bits per heavy atom. The molecular weight excluding hydrogens is 214 g/mol. The molecule has 1 heterocycles. The number of nitrogens with two attached hydrogens (primary N) is 1. The SMILES string of the molecule is CC1CCC(C(N)CCCS(C)(=O)=O)O1. The third-order valence-electron chi connectivity index (χ3n) is 2.79. The zero-order chi connectivity index (χ0) is 11.5. The Morgan fingerprint density at radius 1 is 1.47 bits per heavy atom. The van der Waals surface area contributed by atoms with E-state index in [1.807, 2.05) is 6.92 Å². The molecule has 15 heavy (non-hydrogen) atoms. The van der Waals surface area contributed by atoms with Gasteiger partial charge in [-0.2, -0.15) is 0 Å². The maximum atomic E-state index is 10.9. The third-order valence-corrected chi connectivity index (χ3v) is 3.83. The van der Waals surface area contributed by atoms with E-state index in [1.54, 1.807) is 0 Å². The van der Waals surface area contributed by atoms with Crippen molar-refractivity contribution in [1.82, 2.24) is 0 Å². The molecule has 0 aromatic heterocycles. The van der Waals surface area contributed by atoms with Gasteiger partial charge < -0.3 is 10.5 Å². The fraction of sp³-hybridized carbons (Fsp3) is 1.00. The Morgan fingerprint density at radius 2 is 2.13 bits per heavy atom. The highest BCUT2D eigenvalue weighted by Crippen LogP contribution is 2.22. The van der Waals surface area contributed by atoms with Gasteiger partial charge in [-0.3, -0.25) is 0 Å². The third kappa shape index (κ3) is 4.95. The Balaban J connectivity index is 2.22. The van der Waals surface area contributed by atoms with E-state index in [9.17, 15) is 8.42 Å². The van der Waals surface area contributed by atoms with Crippen LogP contribution in [0.1, 0.15) is 32.6 Å². The van der Waals surface area contributed by atoms with Crippen LogP contribution in [-0.2, 0) is 14.6 Å². The molecule has 0 amide bonds. The summed E-state index contributed by atoms with van der Waals surface area (Å²) in [7, 11) is -2.85. The zero-order valence-corrected chi connectivity index (χ0v) is 10.3. The van der Waals surface area contributed by atoms with Crippen LogP contribution in [0.4, 0.5) is 0 Å². The number of sulfone groups is 1. The minimum Gasteiger partial charge on any atom is -0.374 e. The van der Waals surface area contributed by atoms with Gasteiger partial charge in [-0.05, 0) is 32.6 Å². The van der Waals surface area contributed by atoms with Gasteiger partial charge in [0.25, 0.3) is 0 Å². The molecular formula is C10H21NO3S. The van der Waals surface area contributed by atoms with Crippen molar-refractivity contribution in [3.8, 4) is 0 Å². The molecule has 1 saturated heterocycles. The standard InChI is InChI=1S/C10H21NO3S/c1-8-5-6-10(14-8)9(11)4-3-7-15(2,12)13/h8-10H,3-7,11H2,1-2H3. The van der Waals surface area contributed by atoms with Crippen LogP contribution in [0.25, 0.3) is 0 Å². The summed E-state index contributed by atoms with van der Waals surface area (Å²) in [6, 6.07) is -0.0169. The summed E-state index contributed by atoms with van der Waals surface area (Å²) in [5.74, 6) is 0.225. The molecule has 0 aliphatic carbocycles. The minimum absolute atomic E-state index is 0.0169. The summed E-state index contributed by atoms with van der Waals surface area (Å²) in [5.41, 5.74) is 5.95. The second kappa shape index (κ2) is 5.27. The maximum Gasteiger partial charge on any atom is 0.147 e. The zero-order valence-electron chi connectivity index (χ0n) is 9.48. The average molecular weight is 235 g/mol. The predicted octanol–water partition coefficient (Wildman–Crippen LogP) is 0.706. The summed E-state index contributed by atoms with van der Waals surface area (Å²) < 4.78 is 27.5. The molecule has 5 heteroatoms. The lowest BCUT2D eigenvalue weighted by Crippen LogP contribution is -2.35. The van der Waals surface area contributed by atoms with E-state index in [-0.39, 0.29) is 17.9 Å². The van der Waals surface area contributed by atoms with Crippen LogP contribution in [0.5, 0.6) is 0 Å². The Bertz CT molecular complexity index is 289. The molecule has 1 rings (SSSR count). The smallest absolute Gasteiger partial charge is 0.147 e. The molecule has 2 N–H and O–H groups in total. The van der Waals surface area contributed by atoms with E-state index in [4.69, 9.17) is 10.5 Å². The quantitative estimate of drug-likeness (QED) is 0.762. The highest BCUT2D eigenvalue weighted by molar-refractivity contribution is 7.90. The van der Waals surface area contributed by atoms with Crippen molar-refractivity contribution < 1.29 is 13.2 Å². The topological polar surface area (TPSA) is 69.4 Å². The minimum atomic E-state index is -2.85. The Kier molecular flexibility index (Phi) is 4.55. The molecule has 3 unspecified atom stereocenters. The van der Waals surface area contributed by atoms with Gasteiger partial charge in [-0.25, -0.2) is 8.42 Å². The van der Waals surface area contributed by atoms with Gasteiger partial charge in [-0.1, -0.05) is 0 Å². The van der Waals surface area contributed by atoms with Crippen molar-refractivity contribution >= 4 is 9.84 Å². The first-order chi connectivity index (χ1) is 6.88. The van der Waals surface area contributed by atoms with Crippen LogP contribution in [0.15, 0.2) is 0 Å². The molecule has 1 aliphatic heterocycles. The Labute approximate surface area is 92.1 Å². The normalized spacial score (nSPS) is 29.3. The fourth-order valence-corrected chi connectivity index (χ4v) is 2.61. The second-order valence-corrected chi connectivity index (χ2v) is 6.76. The molecule has 1 aliphatic rings. The first-order valence-corrected chi connectivity index (χ1v) is 7.53.